The molecule has 0 saturated carbocycles. The summed E-state index contributed by atoms with van der Waals surface area (Å²) in [5.74, 6) is -0.226. The lowest BCUT2D eigenvalue weighted by atomic mass is 9.95. The first-order chi connectivity index (χ1) is 6.85. The quantitative estimate of drug-likeness (QED) is 0.603. The van der Waals surface area contributed by atoms with E-state index in [1.54, 1.807) is 0 Å². The standard InChI is InChI=1S/C11H17O3/c12-9-10-3-6-11(14-8-4-10)5-1-2-7-13-11/h7,9-10H,1-6,8H2. The molecule has 14 heavy (non-hydrogen) atoms. The van der Waals surface area contributed by atoms with Gasteiger partial charge in [-0.25, -0.2) is 0 Å². The van der Waals surface area contributed by atoms with Gasteiger partial charge in [0.25, 0.3) is 0 Å². The summed E-state index contributed by atoms with van der Waals surface area (Å²) in [6, 6.07) is 0. The summed E-state index contributed by atoms with van der Waals surface area (Å²) >= 11 is 0. The molecule has 2 rings (SSSR count). The minimum Gasteiger partial charge on any atom is -0.350 e. The van der Waals surface area contributed by atoms with E-state index >= 15 is 0 Å². The van der Waals surface area contributed by atoms with Gasteiger partial charge in [-0.05, 0) is 25.7 Å². The van der Waals surface area contributed by atoms with Crippen molar-refractivity contribution in [3.63, 3.8) is 0 Å². The number of hydrogen-bond acceptors (Lipinski definition) is 3. The van der Waals surface area contributed by atoms with Gasteiger partial charge < -0.3 is 14.3 Å². The van der Waals surface area contributed by atoms with Gasteiger partial charge in [-0.3, -0.25) is 0 Å². The molecule has 3 nitrogen and oxygen atoms in total. The predicted octanol–water partition coefficient (Wildman–Crippen LogP) is 2.06. The van der Waals surface area contributed by atoms with Crippen LogP contribution in [0.4, 0.5) is 0 Å². The first-order valence-electron chi connectivity index (χ1n) is 5.43. The van der Waals surface area contributed by atoms with E-state index in [4.69, 9.17) is 9.47 Å². The molecule has 3 heteroatoms. The fourth-order valence-corrected chi connectivity index (χ4v) is 2.17. The van der Waals surface area contributed by atoms with Crippen LogP contribution in [0.5, 0.6) is 0 Å². The highest BCUT2D eigenvalue weighted by Crippen LogP contribution is 2.36. The van der Waals surface area contributed by atoms with Gasteiger partial charge >= 0.3 is 0 Å². The Balaban J connectivity index is 1.95. The van der Waals surface area contributed by atoms with Crippen LogP contribution in [0.2, 0.25) is 0 Å². The summed E-state index contributed by atoms with van der Waals surface area (Å²) in [5, 5.41) is 0. The Bertz CT molecular complexity index is 197. The van der Waals surface area contributed by atoms with Crippen molar-refractivity contribution >= 4 is 6.29 Å². The third-order valence-corrected chi connectivity index (χ3v) is 3.12. The Kier molecular flexibility index (Phi) is 3.19. The number of aldehydes is 1. The summed E-state index contributed by atoms with van der Waals surface area (Å²) in [6.07, 6.45) is 6.76. The van der Waals surface area contributed by atoms with E-state index in [0.717, 1.165) is 44.8 Å². The zero-order chi connectivity index (χ0) is 9.86. The van der Waals surface area contributed by atoms with Crippen molar-refractivity contribution in [2.45, 2.75) is 44.3 Å². The molecular formula is C11H17O3. The van der Waals surface area contributed by atoms with Crippen LogP contribution in [0.1, 0.15) is 38.5 Å². The van der Waals surface area contributed by atoms with Gasteiger partial charge in [-0.1, -0.05) is 0 Å². The molecule has 2 fully saturated rings. The SMILES string of the molecule is O=CC1CCOC2(CCC[CH]O2)CC1. The number of ether oxygens (including phenoxy) is 2. The van der Waals surface area contributed by atoms with Gasteiger partial charge in [-0.2, -0.15) is 0 Å². The van der Waals surface area contributed by atoms with E-state index in [-0.39, 0.29) is 5.92 Å². The highest BCUT2D eigenvalue weighted by Gasteiger charge is 2.36. The van der Waals surface area contributed by atoms with Crippen molar-refractivity contribution in [3.8, 4) is 0 Å². The van der Waals surface area contributed by atoms with Crippen molar-refractivity contribution in [1.82, 2.24) is 0 Å². The van der Waals surface area contributed by atoms with Gasteiger partial charge in [0.05, 0.1) is 13.2 Å². The van der Waals surface area contributed by atoms with Crippen LogP contribution >= 0.6 is 0 Å². The molecule has 2 atom stereocenters. The second kappa shape index (κ2) is 4.41. The molecule has 2 aliphatic heterocycles. The molecule has 79 valence electrons. The molecule has 0 N–H and O–H groups in total. The third kappa shape index (κ3) is 2.15. The second-order valence-corrected chi connectivity index (χ2v) is 4.16. The van der Waals surface area contributed by atoms with E-state index in [2.05, 4.69) is 0 Å². The van der Waals surface area contributed by atoms with Crippen LogP contribution in [0.15, 0.2) is 0 Å². The summed E-state index contributed by atoms with van der Waals surface area (Å²) in [7, 11) is 0. The van der Waals surface area contributed by atoms with E-state index in [1.807, 2.05) is 6.61 Å². The molecule has 1 radical (unpaired) electrons. The first kappa shape index (κ1) is 10.1. The maximum absolute atomic E-state index is 10.7. The largest absolute Gasteiger partial charge is 0.350 e. The number of rotatable bonds is 1. The fourth-order valence-electron chi connectivity index (χ4n) is 2.17. The van der Waals surface area contributed by atoms with E-state index in [0.29, 0.717) is 6.61 Å². The Morgan fingerprint density at radius 1 is 1.36 bits per heavy atom. The van der Waals surface area contributed by atoms with Gasteiger partial charge in [0.2, 0.25) is 0 Å². The molecule has 1 spiro atoms. The van der Waals surface area contributed by atoms with Crippen LogP contribution < -0.4 is 0 Å². The molecule has 2 unspecified atom stereocenters. The normalized spacial score (nSPS) is 39.3. The zero-order valence-electron chi connectivity index (χ0n) is 8.41. The van der Waals surface area contributed by atoms with E-state index in [9.17, 15) is 4.79 Å². The zero-order valence-corrected chi connectivity index (χ0v) is 8.41. The van der Waals surface area contributed by atoms with Crippen LogP contribution in [0, 0.1) is 12.5 Å². The minimum atomic E-state index is -0.393. The maximum atomic E-state index is 10.7. The lowest BCUT2D eigenvalue weighted by Crippen LogP contribution is -2.37. The Morgan fingerprint density at radius 3 is 3.00 bits per heavy atom. The molecule has 0 amide bonds. The Morgan fingerprint density at radius 2 is 2.29 bits per heavy atom. The highest BCUT2D eigenvalue weighted by atomic mass is 16.7. The summed E-state index contributed by atoms with van der Waals surface area (Å²) in [4.78, 5) is 10.7. The maximum Gasteiger partial charge on any atom is 0.168 e. The number of carbonyl (C=O) groups is 1. The number of carbonyl (C=O) groups excluding carboxylic acids is 1. The summed E-state index contributed by atoms with van der Waals surface area (Å²) in [6.45, 7) is 2.50. The lowest BCUT2D eigenvalue weighted by molar-refractivity contribution is -0.235. The monoisotopic (exact) mass is 197 g/mol. The minimum absolute atomic E-state index is 0.167. The van der Waals surface area contributed by atoms with Crippen molar-refractivity contribution in [1.29, 1.82) is 0 Å². The molecule has 0 aliphatic carbocycles. The van der Waals surface area contributed by atoms with Crippen molar-refractivity contribution in [2.24, 2.45) is 5.92 Å². The molecule has 0 aromatic heterocycles. The summed E-state index contributed by atoms with van der Waals surface area (Å²) < 4.78 is 11.4. The lowest BCUT2D eigenvalue weighted by Gasteiger charge is -2.35. The van der Waals surface area contributed by atoms with Gasteiger partial charge in [0.1, 0.15) is 6.29 Å². The highest BCUT2D eigenvalue weighted by molar-refractivity contribution is 5.53. The Hall–Kier alpha value is -0.410. The van der Waals surface area contributed by atoms with Gasteiger partial charge in [0, 0.05) is 18.8 Å². The van der Waals surface area contributed by atoms with E-state index < -0.39 is 5.79 Å². The van der Waals surface area contributed by atoms with Crippen LogP contribution in [-0.2, 0) is 14.3 Å². The van der Waals surface area contributed by atoms with Gasteiger partial charge in [-0.15, -0.1) is 0 Å². The second-order valence-electron chi connectivity index (χ2n) is 4.16. The van der Waals surface area contributed by atoms with E-state index in [1.165, 1.54) is 0 Å². The van der Waals surface area contributed by atoms with Crippen LogP contribution in [0.25, 0.3) is 0 Å². The third-order valence-electron chi connectivity index (χ3n) is 3.12. The number of hydrogen-bond donors (Lipinski definition) is 0. The fraction of sp³-hybridized carbons (Fsp3) is 0.818. The molecule has 2 aliphatic rings. The summed E-state index contributed by atoms with van der Waals surface area (Å²) in [5.41, 5.74) is 0. The van der Waals surface area contributed by atoms with Crippen molar-refractivity contribution in [3.05, 3.63) is 6.61 Å². The molecule has 2 saturated heterocycles. The topological polar surface area (TPSA) is 35.5 Å². The molecule has 0 bridgehead atoms. The van der Waals surface area contributed by atoms with Crippen LogP contribution in [0.3, 0.4) is 0 Å². The average molecular weight is 197 g/mol. The first-order valence-corrected chi connectivity index (χ1v) is 5.43. The molecule has 0 aromatic carbocycles. The van der Waals surface area contributed by atoms with Crippen molar-refractivity contribution < 1.29 is 14.3 Å². The van der Waals surface area contributed by atoms with Crippen LogP contribution in [-0.4, -0.2) is 18.7 Å². The predicted molar refractivity (Wildman–Crippen MR) is 51.3 cm³/mol. The molecule has 0 aromatic rings. The van der Waals surface area contributed by atoms with Gasteiger partial charge in [0.15, 0.2) is 5.79 Å². The average Bonchev–Trinajstić information content (AvgIpc) is 2.42. The van der Waals surface area contributed by atoms with Crippen molar-refractivity contribution in [2.75, 3.05) is 6.61 Å². The molecular weight excluding hydrogens is 180 g/mol. The Labute approximate surface area is 84.8 Å². The smallest absolute Gasteiger partial charge is 0.168 e. The molecule has 2 heterocycles.